The molecule has 7 heteroatoms. The third-order valence-electron chi connectivity index (χ3n) is 4.45. The molecule has 2 aromatic rings. The number of nitrogens with zero attached hydrogens (tertiary/aromatic N) is 2. The van der Waals surface area contributed by atoms with Crippen molar-refractivity contribution in [3.63, 3.8) is 0 Å². The van der Waals surface area contributed by atoms with Crippen LogP contribution in [0.3, 0.4) is 0 Å². The van der Waals surface area contributed by atoms with Gasteiger partial charge in [0, 0.05) is 24.6 Å². The van der Waals surface area contributed by atoms with E-state index in [1.807, 2.05) is 12.1 Å². The summed E-state index contributed by atoms with van der Waals surface area (Å²) in [4.78, 5) is 28.5. The molecular formula is C18H23N5O2. The Kier molecular flexibility index (Phi) is 5.77. The lowest BCUT2D eigenvalue weighted by atomic mass is 9.95. The highest BCUT2D eigenvalue weighted by atomic mass is 16.2. The molecule has 3 rings (SSSR count). The average Bonchev–Trinajstić information content (AvgIpc) is 3.17. The molecule has 0 spiro atoms. The Bertz CT molecular complexity index is 708. The summed E-state index contributed by atoms with van der Waals surface area (Å²) < 4.78 is 0. The van der Waals surface area contributed by atoms with Gasteiger partial charge >= 0.3 is 0 Å². The van der Waals surface area contributed by atoms with E-state index in [-0.39, 0.29) is 18.2 Å². The molecule has 2 amide bonds. The summed E-state index contributed by atoms with van der Waals surface area (Å²) >= 11 is 0. The first-order valence-corrected chi connectivity index (χ1v) is 8.76. The number of carbonyl (C=O) groups excluding carboxylic acids is 2. The molecule has 3 N–H and O–H groups in total. The van der Waals surface area contributed by atoms with Gasteiger partial charge in [0.15, 0.2) is 5.82 Å². The molecule has 1 aliphatic carbocycles. The Balaban J connectivity index is 1.50. The van der Waals surface area contributed by atoms with Crippen LogP contribution in [0.2, 0.25) is 0 Å². The first-order chi connectivity index (χ1) is 12.2. The summed E-state index contributed by atoms with van der Waals surface area (Å²) in [5, 5.41) is 12.4. The van der Waals surface area contributed by atoms with Gasteiger partial charge in [0.25, 0.3) is 5.91 Å². The summed E-state index contributed by atoms with van der Waals surface area (Å²) in [5.74, 6) is 0.314. The molecule has 25 heavy (non-hydrogen) atoms. The van der Waals surface area contributed by atoms with Crippen molar-refractivity contribution >= 4 is 11.8 Å². The fourth-order valence-electron chi connectivity index (χ4n) is 3.15. The third kappa shape index (κ3) is 4.65. The molecule has 0 atom stereocenters. The van der Waals surface area contributed by atoms with Crippen molar-refractivity contribution in [1.82, 2.24) is 25.8 Å². The number of hydrogen-bond acceptors (Lipinski definition) is 4. The van der Waals surface area contributed by atoms with Crippen LogP contribution in [0, 0.1) is 0 Å². The van der Waals surface area contributed by atoms with Crippen LogP contribution in [0.1, 0.15) is 48.9 Å². The van der Waals surface area contributed by atoms with E-state index in [0.29, 0.717) is 29.5 Å². The highest BCUT2D eigenvalue weighted by molar-refractivity contribution is 6.00. The highest BCUT2D eigenvalue weighted by Crippen LogP contribution is 2.19. The summed E-state index contributed by atoms with van der Waals surface area (Å²) in [6, 6.07) is 7.47. The number of carbonyl (C=O) groups is 2. The molecule has 1 heterocycles. The summed E-state index contributed by atoms with van der Waals surface area (Å²) in [6.45, 7) is 0.308. The van der Waals surface area contributed by atoms with Gasteiger partial charge in [-0.05, 0) is 18.9 Å². The Morgan fingerprint density at radius 1 is 1.16 bits per heavy atom. The van der Waals surface area contributed by atoms with Crippen molar-refractivity contribution in [2.24, 2.45) is 0 Å². The molecule has 7 nitrogen and oxygen atoms in total. The van der Waals surface area contributed by atoms with Crippen LogP contribution in [0.5, 0.6) is 0 Å². The Morgan fingerprint density at radius 2 is 1.96 bits per heavy atom. The lowest BCUT2D eigenvalue weighted by Gasteiger charge is -2.22. The van der Waals surface area contributed by atoms with E-state index >= 15 is 0 Å². The number of nitrogens with one attached hydrogen (secondary N) is 3. The normalized spacial score (nSPS) is 14.9. The minimum absolute atomic E-state index is 0.00396. The summed E-state index contributed by atoms with van der Waals surface area (Å²) in [5.41, 5.74) is 1.19. The van der Waals surface area contributed by atoms with Gasteiger partial charge < -0.3 is 10.6 Å². The molecule has 1 aromatic heterocycles. The van der Waals surface area contributed by atoms with E-state index in [1.54, 1.807) is 12.1 Å². The SMILES string of the molecule is O=C(CCNC(=O)c1ccccc1-c1ncn[nH]1)NC1CCCCC1. The second kappa shape index (κ2) is 8.41. The van der Waals surface area contributed by atoms with E-state index < -0.39 is 0 Å². The fourth-order valence-corrected chi connectivity index (χ4v) is 3.15. The fraction of sp³-hybridized carbons (Fsp3) is 0.444. The van der Waals surface area contributed by atoms with Gasteiger partial charge in [0.1, 0.15) is 6.33 Å². The lowest BCUT2D eigenvalue weighted by molar-refractivity contribution is -0.121. The molecule has 1 fully saturated rings. The zero-order chi connectivity index (χ0) is 17.5. The van der Waals surface area contributed by atoms with Crippen LogP contribution in [0.4, 0.5) is 0 Å². The van der Waals surface area contributed by atoms with Crippen molar-refractivity contribution in [1.29, 1.82) is 0 Å². The van der Waals surface area contributed by atoms with Crippen molar-refractivity contribution in [2.45, 2.75) is 44.6 Å². The van der Waals surface area contributed by atoms with E-state index in [0.717, 1.165) is 12.8 Å². The highest BCUT2D eigenvalue weighted by Gasteiger charge is 2.17. The minimum Gasteiger partial charge on any atom is -0.353 e. The Morgan fingerprint density at radius 3 is 2.72 bits per heavy atom. The van der Waals surface area contributed by atoms with Crippen LogP contribution >= 0.6 is 0 Å². The minimum atomic E-state index is -0.225. The Hall–Kier alpha value is -2.70. The van der Waals surface area contributed by atoms with Gasteiger partial charge in [0.05, 0.1) is 5.56 Å². The lowest BCUT2D eigenvalue weighted by Crippen LogP contribution is -2.38. The van der Waals surface area contributed by atoms with Gasteiger partial charge in [-0.1, -0.05) is 37.5 Å². The van der Waals surface area contributed by atoms with Crippen LogP contribution in [-0.4, -0.2) is 39.6 Å². The molecular weight excluding hydrogens is 318 g/mol. The summed E-state index contributed by atoms with van der Waals surface area (Å²) in [7, 11) is 0. The number of aromatic amines is 1. The molecule has 1 aromatic carbocycles. The standard InChI is InChI=1S/C18H23N5O2/c24-16(22-13-6-2-1-3-7-13)10-11-19-18(25)15-9-5-4-8-14(15)17-20-12-21-23-17/h4-5,8-9,12-13H,1-3,6-7,10-11H2,(H,19,25)(H,22,24)(H,20,21,23). The van der Waals surface area contributed by atoms with Gasteiger partial charge in [-0.3, -0.25) is 14.7 Å². The second-order valence-corrected chi connectivity index (χ2v) is 6.29. The Labute approximate surface area is 146 Å². The predicted molar refractivity (Wildman–Crippen MR) is 93.8 cm³/mol. The number of benzene rings is 1. The van der Waals surface area contributed by atoms with Gasteiger partial charge in [-0.25, -0.2) is 4.98 Å². The topological polar surface area (TPSA) is 99.8 Å². The first kappa shape index (κ1) is 17.1. The second-order valence-electron chi connectivity index (χ2n) is 6.29. The van der Waals surface area contributed by atoms with Crippen LogP contribution in [-0.2, 0) is 4.79 Å². The average molecular weight is 341 g/mol. The molecule has 132 valence electrons. The monoisotopic (exact) mass is 341 g/mol. The zero-order valence-corrected chi connectivity index (χ0v) is 14.1. The molecule has 1 saturated carbocycles. The molecule has 0 bridgehead atoms. The maximum absolute atomic E-state index is 12.4. The van der Waals surface area contributed by atoms with E-state index in [1.165, 1.54) is 25.6 Å². The van der Waals surface area contributed by atoms with Gasteiger partial charge in [-0.15, -0.1) is 0 Å². The molecule has 1 aliphatic rings. The van der Waals surface area contributed by atoms with E-state index in [2.05, 4.69) is 25.8 Å². The number of amides is 2. The van der Waals surface area contributed by atoms with E-state index in [4.69, 9.17) is 0 Å². The molecule has 0 saturated heterocycles. The third-order valence-corrected chi connectivity index (χ3v) is 4.45. The molecule has 0 unspecified atom stereocenters. The van der Waals surface area contributed by atoms with Crippen LogP contribution in [0.15, 0.2) is 30.6 Å². The maximum Gasteiger partial charge on any atom is 0.252 e. The molecule has 0 aliphatic heterocycles. The number of aromatic nitrogens is 3. The summed E-state index contributed by atoms with van der Waals surface area (Å²) in [6.07, 6.45) is 7.42. The zero-order valence-electron chi connectivity index (χ0n) is 14.1. The number of H-pyrrole nitrogens is 1. The van der Waals surface area contributed by atoms with Crippen LogP contribution < -0.4 is 10.6 Å². The number of rotatable bonds is 6. The van der Waals surface area contributed by atoms with Crippen molar-refractivity contribution in [2.75, 3.05) is 6.54 Å². The maximum atomic E-state index is 12.4. The largest absolute Gasteiger partial charge is 0.353 e. The smallest absolute Gasteiger partial charge is 0.252 e. The van der Waals surface area contributed by atoms with Gasteiger partial charge in [0.2, 0.25) is 5.91 Å². The van der Waals surface area contributed by atoms with Crippen molar-refractivity contribution in [3.8, 4) is 11.4 Å². The van der Waals surface area contributed by atoms with Crippen molar-refractivity contribution < 1.29 is 9.59 Å². The number of hydrogen-bond donors (Lipinski definition) is 3. The molecule has 0 radical (unpaired) electrons. The quantitative estimate of drug-likeness (QED) is 0.748. The first-order valence-electron chi connectivity index (χ1n) is 8.76. The van der Waals surface area contributed by atoms with Crippen LogP contribution in [0.25, 0.3) is 11.4 Å². The van der Waals surface area contributed by atoms with Crippen molar-refractivity contribution in [3.05, 3.63) is 36.2 Å². The predicted octanol–water partition coefficient (Wildman–Crippen LogP) is 2.04. The van der Waals surface area contributed by atoms with Gasteiger partial charge in [-0.2, -0.15) is 5.10 Å². The van der Waals surface area contributed by atoms with E-state index in [9.17, 15) is 9.59 Å².